The van der Waals surface area contributed by atoms with Crippen LogP contribution >= 0.6 is 0 Å². The van der Waals surface area contributed by atoms with Crippen LogP contribution in [0.2, 0.25) is 0 Å². The predicted octanol–water partition coefficient (Wildman–Crippen LogP) is 12.8. The van der Waals surface area contributed by atoms with Gasteiger partial charge in [0.05, 0.1) is 11.2 Å². The summed E-state index contributed by atoms with van der Waals surface area (Å²) < 4.78 is 8.76. The lowest BCUT2D eigenvalue weighted by Gasteiger charge is -2.12. The van der Waals surface area contributed by atoms with Gasteiger partial charge < -0.3 is 8.98 Å². The number of allylic oxidation sites excluding steroid dienone is 5. The Morgan fingerprint density at radius 3 is 2.12 bits per heavy atom. The summed E-state index contributed by atoms with van der Waals surface area (Å²) in [7, 11) is 0. The lowest BCUT2D eigenvalue weighted by atomic mass is 10.0. The van der Waals surface area contributed by atoms with Crippen molar-refractivity contribution < 1.29 is 4.42 Å². The smallest absolute Gasteiger partial charge is 0.180 e. The van der Waals surface area contributed by atoms with Crippen molar-refractivity contribution in [2.24, 2.45) is 0 Å². The summed E-state index contributed by atoms with van der Waals surface area (Å²) in [6.07, 6.45) is 11.8. The fourth-order valence-electron chi connectivity index (χ4n) is 6.90. The maximum Gasteiger partial charge on any atom is 0.180 e. The van der Waals surface area contributed by atoms with Crippen LogP contribution in [0.1, 0.15) is 23.7 Å². The van der Waals surface area contributed by atoms with Crippen LogP contribution in [0.5, 0.6) is 0 Å². The van der Waals surface area contributed by atoms with Crippen LogP contribution in [-0.4, -0.2) is 14.5 Å². The van der Waals surface area contributed by atoms with E-state index in [1.54, 1.807) is 6.08 Å². The minimum Gasteiger partial charge on any atom is -0.452 e. The van der Waals surface area contributed by atoms with Crippen molar-refractivity contribution in [1.29, 1.82) is 0 Å². The molecule has 0 bridgehead atoms. The molecule has 0 aliphatic heterocycles. The van der Waals surface area contributed by atoms with Gasteiger partial charge in [-0.15, -0.1) is 0 Å². The first kappa shape index (κ1) is 31.5. The summed E-state index contributed by atoms with van der Waals surface area (Å²) in [4.78, 5) is 10.1. The third kappa shape index (κ3) is 5.53. The Morgan fingerprint density at radius 2 is 1.41 bits per heavy atom. The molecule has 5 aromatic carbocycles. The van der Waals surface area contributed by atoms with E-state index in [1.165, 1.54) is 0 Å². The van der Waals surface area contributed by atoms with E-state index in [9.17, 15) is 0 Å². The quantitative estimate of drug-likeness (QED) is 0.145. The minimum atomic E-state index is 0.660. The first-order valence-electron chi connectivity index (χ1n) is 17.0. The maximum absolute atomic E-state index is 6.50. The Labute approximate surface area is 297 Å². The molecule has 0 aliphatic carbocycles. The van der Waals surface area contributed by atoms with Gasteiger partial charge >= 0.3 is 0 Å². The fraction of sp³-hybridized carbons (Fsp3) is 0.0213. The number of rotatable bonds is 9. The van der Waals surface area contributed by atoms with E-state index in [1.807, 2.05) is 79.7 Å². The molecule has 4 nitrogen and oxygen atoms in total. The number of nitrogens with zero attached hydrogens (tertiary/aromatic N) is 3. The van der Waals surface area contributed by atoms with Crippen molar-refractivity contribution >= 4 is 50.7 Å². The topological polar surface area (TPSA) is 43.9 Å². The third-order valence-corrected chi connectivity index (χ3v) is 9.33. The van der Waals surface area contributed by atoms with Gasteiger partial charge in [0.1, 0.15) is 16.8 Å². The highest BCUT2D eigenvalue weighted by Crippen LogP contribution is 2.39. The highest BCUT2D eigenvalue weighted by atomic mass is 16.3. The van der Waals surface area contributed by atoms with Crippen molar-refractivity contribution in [3.63, 3.8) is 0 Å². The van der Waals surface area contributed by atoms with Gasteiger partial charge in [-0.25, -0.2) is 9.97 Å². The molecular weight excluding hydrogens is 623 g/mol. The zero-order valence-electron chi connectivity index (χ0n) is 28.4. The van der Waals surface area contributed by atoms with E-state index < -0.39 is 0 Å². The Kier molecular flexibility index (Phi) is 8.19. The third-order valence-electron chi connectivity index (χ3n) is 9.33. The van der Waals surface area contributed by atoms with Crippen LogP contribution in [0.15, 0.2) is 170 Å². The van der Waals surface area contributed by atoms with Crippen LogP contribution in [0.25, 0.3) is 90.2 Å². The van der Waals surface area contributed by atoms with Gasteiger partial charge in [0.25, 0.3) is 0 Å². The lowest BCUT2D eigenvalue weighted by Crippen LogP contribution is -1.98. The van der Waals surface area contributed by atoms with Crippen molar-refractivity contribution in [3.05, 3.63) is 182 Å². The average molecular weight is 658 g/mol. The molecule has 0 aliphatic rings. The SMILES string of the molecule is C=C/C=C\C(=C/C)c1cccc(-n2c(C=C)c(C=C)c3cc(-c4ccc5oc6c(-c7ccccc7)nc(-c7ccccc7)nc6c5c4)ccc32)c1. The molecule has 0 amide bonds. The molecule has 0 unspecified atom stereocenters. The Morgan fingerprint density at radius 1 is 0.686 bits per heavy atom. The normalized spacial score (nSPS) is 11.9. The molecule has 0 spiro atoms. The molecule has 8 rings (SSSR count). The highest BCUT2D eigenvalue weighted by molar-refractivity contribution is 6.08. The number of aromatic nitrogens is 3. The molecule has 51 heavy (non-hydrogen) atoms. The van der Waals surface area contributed by atoms with Gasteiger partial charge in [-0.2, -0.15) is 0 Å². The Hall–Kier alpha value is -6.78. The second-order valence-electron chi connectivity index (χ2n) is 12.3. The van der Waals surface area contributed by atoms with Crippen LogP contribution in [0.3, 0.4) is 0 Å². The van der Waals surface area contributed by atoms with E-state index in [2.05, 4.69) is 103 Å². The zero-order valence-corrected chi connectivity index (χ0v) is 28.4. The van der Waals surface area contributed by atoms with Gasteiger partial charge in [-0.3, -0.25) is 0 Å². The number of fused-ring (bicyclic) bond motifs is 4. The molecule has 0 saturated heterocycles. The van der Waals surface area contributed by atoms with E-state index in [0.717, 1.165) is 83.4 Å². The molecule has 244 valence electrons. The Balaban J connectivity index is 1.29. The zero-order chi connectivity index (χ0) is 34.9. The molecule has 0 N–H and O–H groups in total. The second kappa shape index (κ2) is 13.3. The molecule has 0 saturated carbocycles. The van der Waals surface area contributed by atoms with Crippen LogP contribution in [-0.2, 0) is 0 Å². The standard InChI is InChI=1S/C47H35N3O/c1-5-9-17-31(6-2)34-22-16-23-37(28-34)50-41(8-4)38(7-3)39-29-35(24-26-42(39)50)36-25-27-43-40(30-36)45-46(51-43)44(32-18-12-10-13-19-32)48-47(49-45)33-20-14-11-15-21-33/h5-30H,1,3-4H2,2H3/b17-9-,31-6+. The number of hydrogen-bond donors (Lipinski definition) is 0. The summed E-state index contributed by atoms with van der Waals surface area (Å²) >= 11 is 0. The number of furan rings is 1. The first-order chi connectivity index (χ1) is 25.1. The molecule has 4 heteroatoms. The number of hydrogen-bond acceptors (Lipinski definition) is 3. The summed E-state index contributed by atoms with van der Waals surface area (Å²) in [6.45, 7) is 14.3. The van der Waals surface area contributed by atoms with Crippen LogP contribution in [0, 0.1) is 0 Å². The van der Waals surface area contributed by atoms with Crippen molar-refractivity contribution in [3.8, 4) is 39.5 Å². The lowest BCUT2D eigenvalue weighted by molar-refractivity contribution is 0.667. The minimum absolute atomic E-state index is 0.660. The van der Waals surface area contributed by atoms with E-state index in [4.69, 9.17) is 14.4 Å². The molecule has 0 fully saturated rings. The maximum atomic E-state index is 6.50. The second-order valence-corrected chi connectivity index (χ2v) is 12.3. The van der Waals surface area contributed by atoms with E-state index in [0.29, 0.717) is 11.4 Å². The van der Waals surface area contributed by atoms with Crippen molar-refractivity contribution in [2.75, 3.05) is 0 Å². The van der Waals surface area contributed by atoms with Crippen LogP contribution in [0.4, 0.5) is 0 Å². The molecule has 0 radical (unpaired) electrons. The fourth-order valence-corrected chi connectivity index (χ4v) is 6.90. The predicted molar refractivity (Wildman–Crippen MR) is 216 cm³/mol. The summed E-state index contributed by atoms with van der Waals surface area (Å²) in [5, 5.41) is 2.03. The average Bonchev–Trinajstić information content (AvgIpc) is 3.73. The summed E-state index contributed by atoms with van der Waals surface area (Å²) in [6, 6.07) is 41.7. The molecule has 0 atom stereocenters. The highest BCUT2D eigenvalue weighted by Gasteiger charge is 2.20. The monoisotopic (exact) mass is 657 g/mol. The summed E-state index contributed by atoms with van der Waals surface area (Å²) in [5.74, 6) is 0.660. The largest absolute Gasteiger partial charge is 0.452 e. The van der Waals surface area contributed by atoms with E-state index >= 15 is 0 Å². The van der Waals surface area contributed by atoms with Gasteiger partial charge in [0, 0.05) is 33.2 Å². The van der Waals surface area contributed by atoms with Crippen molar-refractivity contribution in [2.45, 2.75) is 6.92 Å². The van der Waals surface area contributed by atoms with Gasteiger partial charge in [0.15, 0.2) is 11.4 Å². The molecular formula is C47H35N3O. The first-order valence-corrected chi connectivity index (χ1v) is 17.0. The molecule has 3 aromatic heterocycles. The van der Waals surface area contributed by atoms with Gasteiger partial charge in [-0.05, 0) is 71.7 Å². The van der Waals surface area contributed by atoms with E-state index in [-0.39, 0.29) is 0 Å². The summed E-state index contributed by atoms with van der Waals surface area (Å²) in [5.41, 5.74) is 13.5. The Bertz CT molecular complexity index is 2690. The van der Waals surface area contributed by atoms with Crippen molar-refractivity contribution in [1.82, 2.24) is 14.5 Å². The number of benzene rings is 5. The molecule has 3 heterocycles. The molecule has 8 aromatic rings. The van der Waals surface area contributed by atoms with Gasteiger partial charge in [-0.1, -0.05) is 135 Å². The van der Waals surface area contributed by atoms with Gasteiger partial charge in [0.2, 0.25) is 0 Å². The van der Waals surface area contributed by atoms with Crippen LogP contribution < -0.4 is 0 Å².